The fourth-order valence-corrected chi connectivity index (χ4v) is 4.94. The first-order valence-electron chi connectivity index (χ1n) is 9.39. The molecule has 0 spiro atoms. The van der Waals surface area contributed by atoms with Gasteiger partial charge in [0.2, 0.25) is 10.0 Å². The highest BCUT2D eigenvalue weighted by Crippen LogP contribution is 2.28. The van der Waals surface area contributed by atoms with Gasteiger partial charge in [-0.15, -0.1) is 0 Å². The van der Waals surface area contributed by atoms with E-state index in [1.807, 2.05) is 42.5 Å². The number of Topliss-reactive ketones (excluding diaryl/α,β-unsaturated/α-hetero) is 1. The van der Waals surface area contributed by atoms with Gasteiger partial charge in [-0.3, -0.25) is 4.79 Å². The molecule has 3 rings (SSSR count). The molecule has 0 bridgehead atoms. The van der Waals surface area contributed by atoms with Crippen molar-refractivity contribution in [3.8, 4) is 0 Å². The van der Waals surface area contributed by atoms with Crippen LogP contribution in [0, 0.1) is 5.92 Å². The first-order valence-corrected chi connectivity index (χ1v) is 10.8. The van der Waals surface area contributed by atoms with Gasteiger partial charge in [0, 0.05) is 24.6 Å². The highest BCUT2D eigenvalue weighted by molar-refractivity contribution is 7.89. The number of carbonyl (C=O) groups excluding carboxylic acids is 1. The van der Waals surface area contributed by atoms with Gasteiger partial charge in [-0.05, 0) is 36.0 Å². The van der Waals surface area contributed by atoms with E-state index in [-0.39, 0.29) is 17.1 Å². The molecule has 27 heavy (non-hydrogen) atoms. The second-order valence-electron chi connectivity index (χ2n) is 8.18. The lowest BCUT2D eigenvalue weighted by atomic mass is 9.87. The first-order chi connectivity index (χ1) is 12.7. The first kappa shape index (κ1) is 19.8. The number of ketones is 1. The minimum absolute atomic E-state index is 0.0154. The van der Waals surface area contributed by atoms with Gasteiger partial charge in [0.25, 0.3) is 0 Å². The second-order valence-corrected chi connectivity index (χ2v) is 10.1. The van der Waals surface area contributed by atoms with E-state index in [1.165, 1.54) is 4.31 Å². The number of hydrogen-bond donors (Lipinski definition) is 0. The highest BCUT2D eigenvalue weighted by atomic mass is 32.2. The fraction of sp³-hybridized carbons (Fsp3) is 0.409. The number of rotatable bonds is 4. The molecule has 1 aliphatic heterocycles. The molecule has 0 aliphatic carbocycles. The Kier molecular flexibility index (Phi) is 5.54. The average Bonchev–Trinajstić information content (AvgIpc) is 2.67. The molecule has 4 nitrogen and oxygen atoms in total. The maximum absolute atomic E-state index is 12.9. The number of benzene rings is 2. The minimum Gasteiger partial charge on any atom is -0.294 e. The summed E-state index contributed by atoms with van der Waals surface area (Å²) in [6.45, 7) is 7.07. The molecule has 0 atom stereocenters. The van der Waals surface area contributed by atoms with Crippen molar-refractivity contribution in [1.29, 1.82) is 0 Å². The third kappa shape index (κ3) is 4.30. The Hall–Kier alpha value is -1.98. The predicted molar refractivity (Wildman–Crippen MR) is 107 cm³/mol. The zero-order chi connectivity index (χ0) is 19.7. The summed E-state index contributed by atoms with van der Waals surface area (Å²) < 4.78 is 27.4. The molecule has 2 aromatic rings. The molecule has 1 fully saturated rings. The van der Waals surface area contributed by atoms with Crippen molar-refractivity contribution in [2.75, 3.05) is 13.1 Å². The van der Waals surface area contributed by atoms with Crippen LogP contribution < -0.4 is 0 Å². The zero-order valence-corrected chi connectivity index (χ0v) is 17.0. The van der Waals surface area contributed by atoms with Gasteiger partial charge in [-0.2, -0.15) is 4.31 Å². The summed E-state index contributed by atoms with van der Waals surface area (Å²) in [4.78, 5) is 12.9. The number of nitrogens with zero attached hydrogens (tertiary/aromatic N) is 1. The molecule has 0 N–H and O–H groups in total. The Morgan fingerprint density at radius 3 is 2.00 bits per heavy atom. The summed E-state index contributed by atoms with van der Waals surface area (Å²) in [7, 11) is -3.52. The SMILES string of the molecule is CC(C)(C)c1ccc(S(=O)(=O)N2CCC(C(=O)c3ccccc3)CC2)cc1. The van der Waals surface area contributed by atoms with E-state index in [4.69, 9.17) is 0 Å². The molecule has 0 amide bonds. The summed E-state index contributed by atoms with van der Waals surface area (Å²) in [5.41, 5.74) is 1.79. The third-order valence-electron chi connectivity index (χ3n) is 5.24. The van der Waals surface area contributed by atoms with Gasteiger partial charge >= 0.3 is 0 Å². The number of hydrogen-bond acceptors (Lipinski definition) is 3. The van der Waals surface area contributed by atoms with Crippen LogP contribution in [0.2, 0.25) is 0 Å². The summed E-state index contributed by atoms with van der Waals surface area (Å²) >= 11 is 0. The smallest absolute Gasteiger partial charge is 0.243 e. The van der Waals surface area contributed by atoms with Crippen LogP contribution in [0.4, 0.5) is 0 Å². The molecule has 5 heteroatoms. The molecule has 0 saturated carbocycles. The molecule has 1 heterocycles. The van der Waals surface area contributed by atoms with Crippen molar-refractivity contribution in [2.45, 2.75) is 43.9 Å². The molecular formula is C22H27NO3S. The maximum Gasteiger partial charge on any atom is 0.243 e. The lowest BCUT2D eigenvalue weighted by Crippen LogP contribution is -2.40. The fourth-order valence-electron chi connectivity index (χ4n) is 3.47. The minimum atomic E-state index is -3.52. The summed E-state index contributed by atoms with van der Waals surface area (Å²) in [6, 6.07) is 16.4. The van der Waals surface area contributed by atoms with Crippen molar-refractivity contribution >= 4 is 15.8 Å². The predicted octanol–water partition coefficient (Wildman–Crippen LogP) is 4.27. The number of sulfonamides is 1. The van der Waals surface area contributed by atoms with Crippen LogP contribution in [-0.4, -0.2) is 31.6 Å². The zero-order valence-electron chi connectivity index (χ0n) is 16.2. The van der Waals surface area contributed by atoms with Gasteiger partial charge < -0.3 is 0 Å². The van der Waals surface area contributed by atoms with Gasteiger partial charge in [0.05, 0.1) is 4.90 Å². The van der Waals surface area contributed by atoms with Crippen LogP contribution >= 0.6 is 0 Å². The molecule has 1 saturated heterocycles. The van der Waals surface area contributed by atoms with Crippen molar-refractivity contribution < 1.29 is 13.2 Å². The topological polar surface area (TPSA) is 54.5 Å². The van der Waals surface area contributed by atoms with Gasteiger partial charge in [0.1, 0.15) is 0 Å². The van der Waals surface area contributed by atoms with E-state index in [0.29, 0.717) is 36.4 Å². The summed E-state index contributed by atoms with van der Waals surface area (Å²) in [6.07, 6.45) is 1.13. The second kappa shape index (κ2) is 7.56. The third-order valence-corrected chi connectivity index (χ3v) is 7.15. The lowest BCUT2D eigenvalue weighted by Gasteiger charge is -2.30. The average molecular weight is 386 g/mol. The quantitative estimate of drug-likeness (QED) is 0.739. The summed E-state index contributed by atoms with van der Waals surface area (Å²) in [5.74, 6) is 0.00398. The molecule has 2 aromatic carbocycles. The van der Waals surface area contributed by atoms with E-state index in [1.54, 1.807) is 12.1 Å². The Morgan fingerprint density at radius 1 is 0.926 bits per heavy atom. The monoisotopic (exact) mass is 385 g/mol. The van der Waals surface area contributed by atoms with Crippen LogP contribution in [0.1, 0.15) is 49.5 Å². The van der Waals surface area contributed by atoms with Crippen LogP contribution in [0.3, 0.4) is 0 Å². The molecule has 0 radical (unpaired) electrons. The molecule has 0 unspecified atom stereocenters. The molecule has 0 aromatic heterocycles. The standard InChI is InChI=1S/C22H27NO3S/c1-22(2,3)19-9-11-20(12-10-19)27(25,26)23-15-13-18(14-16-23)21(24)17-7-5-4-6-8-17/h4-12,18H,13-16H2,1-3H3. The Balaban J connectivity index is 1.69. The van der Waals surface area contributed by atoms with E-state index < -0.39 is 10.0 Å². The number of piperidine rings is 1. The lowest BCUT2D eigenvalue weighted by molar-refractivity contribution is 0.0875. The summed E-state index contributed by atoms with van der Waals surface area (Å²) in [5, 5.41) is 0. The van der Waals surface area contributed by atoms with Crippen LogP contribution in [0.5, 0.6) is 0 Å². The highest BCUT2D eigenvalue weighted by Gasteiger charge is 2.32. The molecular weight excluding hydrogens is 358 g/mol. The van der Waals surface area contributed by atoms with Gasteiger partial charge in [0.15, 0.2) is 5.78 Å². The van der Waals surface area contributed by atoms with Crippen molar-refractivity contribution in [2.24, 2.45) is 5.92 Å². The Bertz CT molecular complexity index is 889. The maximum atomic E-state index is 12.9. The van der Waals surface area contributed by atoms with Gasteiger partial charge in [-0.1, -0.05) is 63.2 Å². The molecule has 144 valence electrons. The van der Waals surface area contributed by atoms with E-state index in [9.17, 15) is 13.2 Å². The van der Waals surface area contributed by atoms with Crippen molar-refractivity contribution in [3.05, 3.63) is 65.7 Å². The Labute approximate surface area is 162 Å². The normalized spacial score (nSPS) is 17.0. The van der Waals surface area contributed by atoms with E-state index >= 15 is 0 Å². The van der Waals surface area contributed by atoms with Gasteiger partial charge in [-0.25, -0.2) is 8.42 Å². The molecule has 1 aliphatic rings. The van der Waals surface area contributed by atoms with E-state index in [0.717, 1.165) is 5.56 Å². The van der Waals surface area contributed by atoms with E-state index in [2.05, 4.69) is 20.8 Å². The number of carbonyl (C=O) groups is 1. The van der Waals surface area contributed by atoms with Crippen LogP contribution in [0.25, 0.3) is 0 Å². The van der Waals surface area contributed by atoms with Crippen LogP contribution in [0.15, 0.2) is 59.5 Å². The van der Waals surface area contributed by atoms with Crippen LogP contribution in [-0.2, 0) is 15.4 Å². The largest absolute Gasteiger partial charge is 0.294 e. The van der Waals surface area contributed by atoms with Crippen molar-refractivity contribution in [1.82, 2.24) is 4.31 Å². The Morgan fingerprint density at radius 2 is 1.48 bits per heavy atom. The van der Waals surface area contributed by atoms with Crippen molar-refractivity contribution in [3.63, 3.8) is 0 Å².